The van der Waals surface area contributed by atoms with Crippen molar-refractivity contribution in [2.45, 2.75) is 44.4 Å². The number of pyridine rings is 1. The molecule has 5 atom stereocenters. The molecule has 0 unspecified atom stereocenters. The third kappa shape index (κ3) is 4.31. The number of carbonyl (C=O) groups excluding carboxylic acids is 2. The van der Waals surface area contributed by atoms with Crippen molar-refractivity contribution in [3.63, 3.8) is 0 Å². The molecule has 1 fully saturated rings. The maximum atomic E-state index is 11.8. The smallest absolute Gasteiger partial charge is 0.323 e. The van der Waals surface area contributed by atoms with Gasteiger partial charge in [0.05, 0.1) is 0 Å². The van der Waals surface area contributed by atoms with Gasteiger partial charge in [-0.05, 0) is 12.0 Å². The number of rotatable bonds is 6. The van der Waals surface area contributed by atoms with Crippen LogP contribution in [0.1, 0.15) is 30.4 Å². The van der Waals surface area contributed by atoms with Crippen molar-refractivity contribution >= 4 is 11.9 Å². The number of aromatic nitrogens is 1. The molecule has 0 bridgehead atoms. The lowest BCUT2D eigenvalue weighted by Gasteiger charge is -2.17. The summed E-state index contributed by atoms with van der Waals surface area (Å²) in [5.74, 6) is -1.32. The van der Waals surface area contributed by atoms with Gasteiger partial charge in [0.25, 0.3) is 12.1 Å². The lowest BCUT2D eigenvalue weighted by Crippen LogP contribution is -2.46. The highest BCUT2D eigenvalue weighted by molar-refractivity contribution is 5.92. The number of carbonyl (C=O) groups is 2. The van der Waals surface area contributed by atoms with Crippen molar-refractivity contribution in [3.8, 4) is 0 Å². The summed E-state index contributed by atoms with van der Waals surface area (Å²) in [5, 5.41) is 20.3. The fourth-order valence-electron chi connectivity index (χ4n) is 2.44. The topological polar surface area (TPSA) is 149 Å². The Morgan fingerprint density at radius 1 is 1.36 bits per heavy atom. The molecular formula is C16H24N3O6+. The van der Waals surface area contributed by atoms with Crippen LogP contribution < -0.4 is 16.0 Å². The number of primary amides is 1. The molecular weight excluding hydrogens is 330 g/mol. The Morgan fingerprint density at radius 2 is 2.04 bits per heavy atom. The summed E-state index contributed by atoms with van der Waals surface area (Å²) in [6.45, 7) is 3.33. The van der Waals surface area contributed by atoms with Gasteiger partial charge < -0.3 is 31.2 Å². The molecule has 0 spiro atoms. The van der Waals surface area contributed by atoms with Crippen LogP contribution >= 0.6 is 0 Å². The molecule has 1 aliphatic rings. The zero-order valence-electron chi connectivity index (χ0n) is 14.1. The summed E-state index contributed by atoms with van der Waals surface area (Å²) < 4.78 is 12.1. The van der Waals surface area contributed by atoms with E-state index >= 15 is 0 Å². The van der Waals surface area contributed by atoms with Crippen molar-refractivity contribution in [1.82, 2.24) is 0 Å². The summed E-state index contributed by atoms with van der Waals surface area (Å²) in [6.07, 6.45) is -1.43. The van der Waals surface area contributed by atoms with E-state index in [0.717, 1.165) is 0 Å². The van der Waals surface area contributed by atoms with Crippen molar-refractivity contribution < 1.29 is 33.8 Å². The van der Waals surface area contributed by atoms with E-state index < -0.39 is 42.5 Å². The van der Waals surface area contributed by atoms with Gasteiger partial charge in [-0.25, -0.2) is 0 Å². The van der Waals surface area contributed by atoms with E-state index in [4.69, 9.17) is 20.9 Å². The molecule has 0 radical (unpaired) electrons. The Hall–Kier alpha value is -2.07. The number of nitrogens with zero attached hydrogens (tertiary/aromatic N) is 1. The van der Waals surface area contributed by atoms with Gasteiger partial charge in [0.2, 0.25) is 0 Å². The molecule has 138 valence electrons. The van der Waals surface area contributed by atoms with E-state index in [1.807, 2.05) is 0 Å². The van der Waals surface area contributed by atoms with E-state index in [1.165, 1.54) is 16.8 Å². The van der Waals surface area contributed by atoms with Gasteiger partial charge in [0, 0.05) is 6.07 Å². The van der Waals surface area contributed by atoms with E-state index in [-0.39, 0.29) is 18.1 Å². The predicted octanol–water partition coefficient (Wildman–Crippen LogP) is -1.78. The quantitative estimate of drug-likeness (QED) is 0.348. The van der Waals surface area contributed by atoms with Gasteiger partial charge in [-0.3, -0.25) is 9.59 Å². The first kappa shape index (κ1) is 19.3. The second-order valence-corrected chi connectivity index (χ2v) is 6.35. The van der Waals surface area contributed by atoms with Gasteiger partial charge in [-0.1, -0.05) is 13.8 Å². The highest BCUT2D eigenvalue weighted by atomic mass is 16.6. The van der Waals surface area contributed by atoms with Crippen LogP contribution in [0.5, 0.6) is 0 Å². The van der Waals surface area contributed by atoms with Crippen LogP contribution in [-0.4, -0.2) is 53.1 Å². The zero-order chi connectivity index (χ0) is 18.7. The largest absolute Gasteiger partial charge is 0.462 e. The SMILES string of the molecule is CC(C)[C@@H](N)C(=O)OC[C@H]1O[C@@H]([n+]2cccc(C(N)=O)c2)[C@H](O)[C@@H]1O. The highest BCUT2D eigenvalue weighted by Crippen LogP contribution is 2.25. The normalized spacial score (nSPS) is 27.3. The fourth-order valence-corrected chi connectivity index (χ4v) is 2.44. The van der Waals surface area contributed by atoms with Crippen molar-refractivity contribution in [2.75, 3.05) is 6.61 Å². The van der Waals surface area contributed by atoms with Gasteiger partial charge in [-0.15, -0.1) is 0 Å². The summed E-state index contributed by atoms with van der Waals surface area (Å²) in [7, 11) is 0. The summed E-state index contributed by atoms with van der Waals surface area (Å²) in [6, 6.07) is 2.31. The molecule has 1 saturated heterocycles. The van der Waals surface area contributed by atoms with E-state index in [1.54, 1.807) is 26.1 Å². The Labute approximate surface area is 145 Å². The van der Waals surface area contributed by atoms with E-state index in [2.05, 4.69) is 0 Å². The number of esters is 1. The van der Waals surface area contributed by atoms with Crippen LogP contribution in [0.4, 0.5) is 0 Å². The summed E-state index contributed by atoms with van der Waals surface area (Å²) in [4.78, 5) is 23.1. The van der Waals surface area contributed by atoms with Crippen LogP contribution in [-0.2, 0) is 14.3 Å². The summed E-state index contributed by atoms with van der Waals surface area (Å²) in [5.41, 5.74) is 11.2. The molecule has 9 nitrogen and oxygen atoms in total. The minimum atomic E-state index is -1.27. The summed E-state index contributed by atoms with van der Waals surface area (Å²) >= 11 is 0. The minimum absolute atomic E-state index is 0.0904. The fraction of sp³-hybridized carbons (Fsp3) is 0.562. The lowest BCUT2D eigenvalue weighted by molar-refractivity contribution is -0.765. The third-order valence-corrected chi connectivity index (χ3v) is 4.12. The average molecular weight is 354 g/mol. The number of hydrogen-bond donors (Lipinski definition) is 4. The minimum Gasteiger partial charge on any atom is -0.462 e. The monoisotopic (exact) mass is 354 g/mol. The third-order valence-electron chi connectivity index (χ3n) is 4.12. The number of amides is 1. The molecule has 1 aromatic rings. The van der Waals surface area contributed by atoms with E-state index in [9.17, 15) is 19.8 Å². The highest BCUT2D eigenvalue weighted by Gasteiger charge is 2.48. The lowest BCUT2D eigenvalue weighted by atomic mass is 10.1. The van der Waals surface area contributed by atoms with Crippen molar-refractivity contribution in [2.24, 2.45) is 17.4 Å². The molecule has 0 aliphatic carbocycles. The van der Waals surface area contributed by atoms with Crippen LogP contribution in [0.15, 0.2) is 24.5 Å². The first-order chi connectivity index (χ1) is 11.7. The van der Waals surface area contributed by atoms with Gasteiger partial charge in [-0.2, -0.15) is 4.57 Å². The predicted molar refractivity (Wildman–Crippen MR) is 84.9 cm³/mol. The molecule has 25 heavy (non-hydrogen) atoms. The van der Waals surface area contributed by atoms with Crippen molar-refractivity contribution in [3.05, 3.63) is 30.1 Å². The molecule has 1 aromatic heterocycles. The van der Waals surface area contributed by atoms with E-state index in [0.29, 0.717) is 0 Å². The molecule has 6 N–H and O–H groups in total. The molecule has 9 heteroatoms. The molecule has 1 aliphatic heterocycles. The number of hydrogen-bond acceptors (Lipinski definition) is 7. The van der Waals surface area contributed by atoms with Crippen LogP contribution in [0.2, 0.25) is 0 Å². The number of nitrogens with two attached hydrogens (primary N) is 2. The molecule has 0 saturated carbocycles. The Morgan fingerprint density at radius 3 is 2.64 bits per heavy atom. The Bertz CT molecular complexity index is 638. The zero-order valence-corrected chi connectivity index (χ0v) is 14.1. The molecule has 2 rings (SSSR count). The maximum Gasteiger partial charge on any atom is 0.323 e. The van der Waals surface area contributed by atoms with Gasteiger partial charge in [0.15, 0.2) is 18.5 Å². The first-order valence-electron chi connectivity index (χ1n) is 7.96. The average Bonchev–Trinajstić information content (AvgIpc) is 2.87. The number of ether oxygens (including phenoxy) is 2. The van der Waals surface area contributed by atoms with Gasteiger partial charge >= 0.3 is 5.97 Å². The van der Waals surface area contributed by atoms with Crippen LogP contribution in [0.3, 0.4) is 0 Å². The number of aliphatic hydroxyl groups excluding tert-OH is 2. The molecule has 0 aromatic carbocycles. The first-order valence-corrected chi connectivity index (χ1v) is 7.96. The van der Waals surface area contributed by atoms with Crippen molar-refractivity contribution in [1.29, 1.82) is 0 Å². The number of aliphatic hydroxyl groups is 2. The van der Waals surface area contributed by atoms with Crippen LogP contribution in [0.25, 0.3) is 0 Å². The molecule has 2 heterocycles. The Balaban J connectivity index is 2.04. The standard InChI is InChI=1S/C16H23N3O6/c1-8(2)11(17)16(23)24-7-10-12(20)13(21)15(25-10)19-5-3-4-9(6-19)14(18)22/h3-6,8,10-13,15,20-21H,7,17H2,1-2H3,(H-,18,22)/p+1/t10-,11-,12-,13-,15-/m1/s1. The second kappa shape index (κ2) is 7.87. The maximum absolute atomic E-state index is 11.8. The second-order valence-electron chi connectivity index (χ2n) is 6.35. The van der Waals surface area contributed by atoms with Crippen LogP contribution in [0, 0.1) is 5.92 Å². The molecule has 1 amide bonds. The van der Waals surface area contributed by atoms with Gasteiger partial charge in [0.1, 0.15) is 30.4 Å². The Kier molecular flexibility index (Phi) is 6.07.